The topological polar surface area (TPSA) is 103 Å². The van der Waals surface area contributed by atoms with Gasteiger partial charge in [0.2, 0.25) is 0 Å². The summed E-state index contributed by atoms with van der Waals surface area (Å²) in [4.78, 5) is 24.2. The van der Waals surface area contributed by atoms with Gasteiger partial charge in [-0.05, 0) is 37.3 Å². The molecule has 2 aromatic carbocycles. The van der Waals surface area contributed by atoms with Crippen molar-refractivity contribution in [2.24, 2.45) is 0 Å². The van der Waals surface area contributed by atoms with Gasteiger partial charge in [-0.1, -0.05) is 18.2 Å². The molecule has 0 fully saturated rings. The summed E-state index contributed by atoms with van der Waals surface area (Å²) in [6.07, 6.45) is -1.06. The fourth-order valence-corrected chi connectivity index (χ4v) is 1.92. The Bertz CT molecular complexity index is 862. The molecule has 0 saturated carbocycles. The van der Waals surface area contributed by atoms with Crippen LogP contribution < -0.4 is 5.32 Å². The van der Waals surface area contributed by atoms with Gasteiger partial charge in [-0.25, -0.2) is 4.79 Å². The van der Waals surface area contributed by atoms with E-state index in [1.54, 1.807) is 36.4 Å². The van der Waals surface area contributed by atoms with Gasteiger partial charge < -0.3 is 10.1 Å². The fourth-order valence-electron chi connectivity index (χ4n) is 1.92. The van der Waals surface area contributed by atoms with Crippen LogP contribution in [-0.2, 0) is 9.53 Å². The van der Waals surface area contributed by atoms with Crippen LogP contribution >= 0.6 is 0 Å². The van der Waals surface area contributed by atoms with Gasteiger partial charge >= 0.3 is 5.97 Å². The number of benzene rings is 2. The lowest BCUT2D eigenvalue weighted by Crippen LogP contribution is -2.30. The third-order valence-corrected chi connectivity index (χ3v) is 3.19. The standard InChI is InChI=1S/C18H13N3O3/c1-12(17(22)21-16-8-3-2-6-15(16)11-20)24-18(23)14-7-4-5-13(9-14)10-19/h2-9,12H,1H3,(H,21,22)/t12-/m1/s1. The Kier molecular flexibility index (Phi) is 5.28. The molecule has 0 bridgehead atoms. The lowest BCUT2D eigenvalue weighted by Gasteiger charge is -2.14. The molecular formula is C18H13N3O3. The zero-order chi connectivity index (χ0) is 17.5. The van der Waals surface area contributed by atoms with Crippen LogP contribution in [0.25, 0.3) is 0 Å². The van der Waals surface area contributed by atoms with Crippen LogP contribution in [0.1, 0.15) is 28.4 Å². The molecule has 0 aliphatic carbocycles. The number of nitriles is 2. The Morgan fingerprint density at radius 2 is 1.83 bits per heavy atom. The van der Waals surface area contributed by atoms with E-state index in [1.807, 2.05) is 12.1 Å². The first kappa shape index (κ1) is 16.7. The highest BCUT2D eigenvalue weighted by Crippen LogP contribution is 2.15. The van der Waals surface area contributed by atoms with E-state index < -0.39 is 18.0 Å². The van der Waals surface area contributed by atoms with E-state index in [2.05, 4.69) is 5.32 Å². The lowest BCUT2D eigenvalue weighted by molar-refractivity contribution is -0.123. The van der Waals surface area contributed by atoms with Gasteiger partial charge in [-0.15, -0.1) is 0 Å². The molecule has 0 heterocycles. The molecule has 118 valence electrons. The molecule has 1 atom stereocenters. The molecule has 24 heavy (non-hydrogen) atoms. The van der Waals surface area contributed by atoms with E-state index in [0.717, 1.165) is 0 Å². The van der Waals surface area contributed by atoms with Crippen LogP contribution in [0.15, 0.2) is 48.5 Å². The molecule has 2 aromatic rings. The number of hydrogen-bond donors (Lipinski definition) is 1. The van der Waals surface area contributed by atoms with E-state index in [9.17, 15) is 9.59 Å². The van der Waals surface area contributed by atoms with Crippen LogP contribution in [0.3, 0.4) is 0 Å². The predicted octanol–water partition coefficient (Wildman–Crippen LogP) is 2.61. The molecule has 6 heteroatoms. The minimum Gasteiger partial charge on any atom is -0.449 e. The monoisotopic (exact) mass is 319 g/mol. The molecule has 0 spiro atoms. The second kappa shape index (κ2) is 7.57. The number of ether oxygens (including phenoxy) is 1. The van der Waals surface area contributed by atoms with Gasteiger partial charge in [0.25, 0.3) is 5.91 Å². The van der Waals surface area contributed by atoms with Crippen molar-refractivity contribution in [2.45, 2.75) is 13.0 Å². The smallest absolute Gasteiger partial charge is 0.338 e. The molecule has 0 unspecified atom stereocenters. The molecule has 0 saturated heterocycles. The Labute approximate surface area is 138 Å². The Hall–Kier alpha value is -3.64. The van der Waals surface area contributed by atoms with E-state index in [0.29, 0.717) is 16.8 Å². The van der Waals surface area contributed by atoms with Gasteiger partial charge in [0.05, 0.1) is 28.4 Å². The summed E-state index contributed by atoms with van der Waals surface area (Å²) in [7, 11) is 0. The second-order valence-corrected chi connectivity index (χ2v) is 4.89. The van der Waals surface area contributed by atoms with E-state index >= 15 is 0 Å². The van der Waals surface area contributed by atoms with Gasteiger partial charge in [-0.3, -0.25) is 4.79 Å². The molecule has 0 aromatic heterocycles. The number of hydrogen-bond acceptors (Lipinski definition) is 5. The first-order chi connectivity index (χ1) is 11.5. The average Bonchev–Trinajstić information content (AvgIpc) is 2.62. The number of carbonyl (C=O) groups excluding carboxylic acids is 2. The molecule has 6 nitrogen and oxygen atoms in total. The van der Waals surface area contributed by atoms with Crippen molar-refractivity contribution < 1.29 is 14.3 Å². The maximum atomic E-state index is 12.1. The molecule has 2 rings (SSSR count). The molecule has 0 aliphatic rings. The Morgan fingerprint density at radius 1 is 1.08 bits per heavy atom. The number of carbonyl (C=O) groups is 2. The molecule has 0 radical (unpaired) electrons. The fraction of sp³-hybridized carbons (Fsp3) is 0.111. The van der Waals surface area contributed by atoms with Crippen molar-refractivity contribution in [1.82, 2.24) is 0 Å². The number of para-hydroxylation sites is 1. The van der Waals surface area contributed by atoms with Crippen molar-refractivity contribution in [3.8, 4) is 12.1 Å². The summed E-state index contributed by atoms with van der Waals surface area (Å²) in [5, 5.41) is 20.4. The largest absolute Gasteiger partial charge is 0.449 e. The Balaban J connectivity index is 2.05. The van der Waals surface area contributed by atoms with Gasteiger partial charge in [0.15, 0.2) is 6.10 Å². The summed E-state index contributed by atoms with van der Waals surface area (Å²) < 4.78 is 5.10. The van der Waals surface area contributed by atoms with Crippen molar-refractivity contribution >= 4 is 17.6 Å². The van der Waals surface area contributed by atoms with Crippen LogP contribution in [0.2, 0.25) is 0 Å². The predicted molar refractivity (Wildman–Crippen MR) is 85.8 cm³/mol. The first-order valence-electron chi connectivity index (χ1n) is 7.06. The normalized spacial score (nSPS) is 10.8. The first-order valence-corrected chi connectivity index (χ1v) is 7.06. The maximum absolute atomic E-state index is 12.1. The summed E-state index contributed by atoms with van der Waals surface area (Å²) in [5.74, 6) is -1.26. The van der Waals surface area contributed by atoms with Crippen molar-refractivity contribution in [2.75, 3.05) is 5.32 Å². The maximum Gasteiger partial charge on any atom is 0.338 e. The van der Waals surface area contributed by atoms with E-state index in [1.165, 1.54) is 19.1 Å². The number of amides is 1. The third kappa shape index (κ3) is 3.96. The van der Waals surface area contributed by atoms with Crippen LogP contribution in [0.5, 0.6) is 0 Å². The highest BCUT2D eigenvalue weighted by molar-refractivity contribution is 5.98. The van der Waals surface area contributed by atoms with E-state index in [4.69, 9.17) is 15.3 Å². The molecule has 0 aliphatic heterocycles. The molecular weight excluding hydrogens is 306 g/mol. The number of anilines is 1. The quantitative estimate of drug-likeness (QED) is 0.872. The van der Waals surface area contributed by atoms with Crippen molar-refractivity contribution in [3.05, 3.63) is 65.2 Å². The minimum atomic E-state index is -1.06. The molecule has 1 amide bonds. The van der Waals surface area contributed by atoms with Gasteiger partial charge in [-0.2, -0.15) is 10.5 Å². The van der Waals surface area contributed by atoms with Crippen LogP contribution in [-0.4, -0.2) is 18.0 Å². The van der Waals surface area contributed by atoms with Crippen LogP contribution in [0, 0.1) is 22.7 Å². The molecule has 1 N–H and O–H groups in total. The summed E-state index contributed by atoms with van der Waals surface area (Å²) in [6.45, 7) is 1.43. The number of nitrogens with zero attached hydrogens (tertiary/aromatic N) is 2. The minimum absolute atomic E-state index is 0.186. The summed E-state index contributed by atoms with van der Waals surface area (Å²) in [5.41, 5.74) is 1.17. The third-order valence-electron chi connectivity index (χ3n) is 3.19. The van der Waals surface area contributed by atoms with Crippen molar-refractivity contribution in [1.29, 1.82) is 10.5 Å². The summed E-state index contributed by atoms with van der Waals surface area (Å²) >= 11 is 0. The second-order valence-electron chi connectivity index (χ2n) is 4.89. The van der Waals surface area contributed by atoms with Gasteiger partial charge in [0, 0.05) is 0 Å². The number of rotatable bonds is 4. The highest BCUT2D eigenvalue weighted by atomic mass is 16.5. The van der Waals surface area contributed by atoms with Crippen molar-refractivity contribution in [3.63, 3.8) is 0 Å². The number of esters is 1. The average molecular weight is 319 g/mol. The van der Waals surface area contributed by atoms with Gasteiger partial charge in [0.1, 0.15) is 6.07 Å². The highest BCUT2D eigenvalue weighted by Gasteiger charge is 2.20. The number of nitrogens with one attached hydrogen (secondary N) is 1. The Morgan fingerprint density at radius 3 is 2.54 bits per heavy atom. The van der Waals surface area contributed by atoms with Crippen LogP contribution in [0.4, 0.5) is 5.69 Å². The zero-order valence-electron chi connectivity index (χ0n) is 12.8. The lowest BCUT2D eigenvalue weighted by atomic mass is 10.1. The zero-order valence-corrected chi connectivity index (χ0v) is 12.8. The SMILES string of the molecule is C[C@@H](OC(=O)c1cccc(C#N)c1)C(=O)Nc1ccccc1C#N. The summed E-state index contributed by atoms with van der Waals surface area (Å²) in [6, 6.07) is 16.4. The van der Waals surface area contributed by atoms with E-state index in [-0.39, 0.29) is 5.56 Å².